The van der Waals surface area contributed by atoms with Gasteiger partial charge < -0.3 is 14.8 Å². The van der Waals surface area contributed by atoms with E-state index < -0.39 is 5.25 Å². The van der Waals surface area contributed by atoms with Crippen LogP contribution >= 0.6 is 11.8 Å². The van der Waals surface area contributed by atoms with Crippen molar-refractivity contribution in [1.82, 2.24) is 10.2 Å². The van der Waals surface area contributed by atoms with Crippen LogP contribution in [0.3, 0.4) is 0 Å². The third-order valence-electron chi connectivity index (χ3n) is 3.51. The van der Waals surface area contributed by atoms with E-state index in [1.807, 2.05) is 31.2 Å². The van der Waals surface area contributed by atoms with Crippen molar-refractivity contribution in [2.24, 2.45) is 0 Å². The van der Waals surface area contributed by atoms with Crippen molar-refractivity contribution < 1.29 is 14.3 Å². The van der Waals surface area contributed by atoms with Gasteiger partial charge in [0.05, 0.1) is 10.8 Å². The number of hydrogen-bond donors (Lipinski definition) is 2. The second-order valence-electron chi connectivity index (χ2n) is 5.51. The molecule has 3 aromatic rings. The van der Waals surface area contributed by atoms with Gasteiger partial charge in [0.25, 0.3) is 11.1 Å². The zero-order valence-electron chi connectivity index (χ0n) is 13.8. The molecule has 6 nitrogen and oxygen atoms in total. The number of phenols is 1. The van der Waals surface area contributed by atoms with Crippen LogP contribution in [0.2, 0.25) is 0 Å². The van der Waals surface area contributed by atoms with Gasteiger partial charge in [-0.2, -0.15) is 0 Å². The molecule has 7 heteroatoms. The normalized spacial score (nSPS) is 11.9. The predicted molar refractivity (Wildman–Crippen MR) is 96.5 cm³/mol. The minimum atomic E-state index is -0.418. The van der Waals surface area contributed by atoms with Gasteiger partial charge in [-0.1, -0.05) is 41.6 Å². The highest BCUT2D eigenvalue weighted by Gasteiger charge is 2.19. The molecule has 2 N–H and O–H groups in total. The van der Waals surface area contributed by atoms with E-state index in [9.17, 15) is 9.90 Å². The number of nitrogens with zero attached hydrogens (tertiary/aromatic N) is 2. The Morgan fingerprint density at radius 1 is 1.16 bits per heavy atom. The molecule has 1 heterocycles. The van der Waals surface area contributed by atoms with Crippen molar-refractivity contribution in [1.29, 1.82) is 0 Å². The number of benzene rings is 2. The summed E-state index contributed by atoms with van der Waals surface area (Å²) in [7, 11) is 0. The summed E-state index contributed by atoms with van der Waals surface area (Å²) in [6, 6.07) is 14.3. The lowest BCUT2D eigenvalue weighted by molar-refractivity contribution is -0.115. The van der Waals surface area contributed by atoms with Crippen LogP contribution in [-0.4, -0.2) is 26.5 Å². The molecule has 0 spiro atoms. The standard InChI is InChI=1S/C18H17N3O3S/c1-11-7-9-13(10-8-11)19-16(23)12(2)25-18-21-20-17(24-18)14-5-3-4-6-15(14)22/h3-10,12,22H,1-2H3,(H,19,23)/t12-/m0/s1. The number of aromatic nitrogens is 2. The second kappa shape index (κ2) is 7.40. The lowest BCUT2D eigenvalue weighted by Crippen LogP contribution is -2.22. The molecule has 1 aromatic heterocycles. The highest BCUT2D eigenvalue weighted by molar-refractivity contribution is 8.00. The zero-order valence-corrected chi connectivity index (χ0v) is 14.6. The first-order chi connectivity index (χ1) is 12.0. The molecular formula is C18H17N3O3S. The van der Waals surface area contributed by atoms with Gasteiger partial charge >= 0.3 is 0 Å². The molecule has 0 saturated heterocycles. The van der Waals surface area contributed by atoms with Crippen molar-refractivity contribution in [2.45, 2.75) is 24.3 Å². The monoisotopic (exact) mass is 355 g/mol. The first-order valence-electron chi connectivity index (χ1n) is 7.69. The maximum absolute atomic E-state index is 12.3. The van der Waals surface area contributed by atoms with Gasteiger partial charge in [0.15, 0.2) is 0 Å². The van der Waals surface area contributed by atoms with E-state index in [4.69, 9.17) is 4.42 Å². The molecule has 0 aliphatic rings. The smallest absolute Gasteiger partial charge is 0.277 e. The van der Waals surface area contributed by atoms with Crippen molar-refractivity contribution in [3.8, 4) is 17.2 Å². The van der Waals surface area contributed by atoms with Gasteiger partial charge in [-0.25, -0.2) is 0 Å². The number of aryl methyl sites for hydroxylation is 1. The number of carbonyl (C=O) groups is 1. The fourth-order valence-electron chi connectivity index (χ4n) is 2.11. The van der Waals surface area contributed by atoms with Gasteiger partial charge in [-0.05, 0) is 38.1 Å². The number of anilines is 1. The van der Waals surface area contributed by atoms with Crippen molar-refractivity contribution >= 4 is 23.4 Å². The molecule has 0 fully saturated rings. The number of para-hydroxylation sites is 1. The fourth-order valence-corrected chi connectivity index (χ4v) is 2.79. The summed E-state index contributed by atoms with van der Waals surface area (Å²) < 4.78 is 5.54. The molecule has 0 aliphatic heterocycles. The highest BCUT2D eigenvalue weighted by Crippen LogP contribution is 2.31. The number of thioether (sulfide) groups is 1. The van der Waals surface area contributed by atoms with Crippen LogP contribution in [0.4, 0.5) is 5.69 Å². The molecular weight excluding hydrogens is 338 g/mol. The molecule has 3 rings (SSSR count). The highest BCUT2D eigenvalue weighted by atomic mass is 32.2. The van der Waals surface area contributed by atoms with E-state index >= 15 is 0 Å². The van der Waals surface area contributed by atoms with E-state index in [2.05, 4.69) is 15.5 Å². The van der Waals surface area contributed by atoms with Crippen molar-refractivity contribution in [2.75, 3.05) is 5.32 Å². The average molecular weight is 355 g/mol. The third kappa shape index (κ3) is 4.19. The zero-order chi connectivity index (χ0) is 17.8. The number of rotatable bonds is 5. The molecule has 2 aromatic carbocycles. The molecule has 1 amide bonds. The Bertz CT molecular complexity index is 877. The molecule has 0 bridgehead atoms. The van der Waals surface area contributed by atoms with E-state index in [0.29, 0.717) is 5.56 Å². The molecule has 0 saturated carbocycles. The number of nitrogens with one attached hydrogen (secondary N) is 1. The van der Waals surface area contributed by atoms with E-state index in [-0.39, 0.29) is 22.8 Å². The minimum Gasteiger partial charge on any atom is -0.507 e. The maximum atomic E-state index is 12.3. The van der Waals surface area contributed by atoms with Crippen LogP contribution in [0.5, 0.6) is 5.75 Å². The molecule has 0 radical (unpaired) electrons. The third-order valence-corrected chi connectivity index (χ3v) is 4.44. The number of amides is 1. The van der Waals surface area contributed by atoms with Crippen LogP contribution < -0.4 is 5.32 Å². The molecule has 128 valence electrons. The predicted octanol–water partition coefficient (Wildman–Crippen LogP) is 3.87. The lowest BCUT2D eigenvalue weighted by atomic mass is 10.2. The van der Waals surface area contributed by atoms with Gasteiger partial charge in [0.2, 0.25) is 5.91 Å². The SMILES string of the molecule is Cc1ccc(NC(=O)[C@H](C)Sc2nnc(-c3ccccc3O)o2)cc1. The Labute approximate surface area is 149 Å². The van der Waals surface area contributed by atoms with Gasteiger partial charge in [0, 0.05) is 5.69 Å². The number of carbonyl (C=O) groups excluding carboxylic acids is 1. The van der Waals surface area contributed by atoms with Crippen molar-refractivity contribution in [3.63, 3.8) is 0 Å². The fraction of sp³-hybridized carbons (Fsp3) is 0.167. The first-order valence-corrected chi connectivity index (χ1v) is 8.57. The molecule has 1 atom stereocenters. The minimum absolute atomic E-state index is 0.0628. The Morgan fingerprint density at radius 3 is 2.60 bits per heavy atom. The Morgan fingerprint density at radius 2 is 1.88 bits per heavy atom. The largest absolute Gasteiger partial charge is 0.507 e. The van der Waals surface area contributed by atoms with E-state index in [1.54, 1.807) is 31.2 Å². The summed E-state index contributed by atoms with van der Waals surface area (Å²) in [6.45, 7) is 3.75. The van der Waals surface area contributed by atoms with E-state index in [1.165, 1.54) is 0 Å². The van der Waals surface area contributed by atoms with Crippen LogP contribution in [0.1, 0.15) is 12.5 Å². The summed E-state index contributed by atoms with van der Waals surface area (Å²) in [6.07, 6.45) is 0. The van der Waals surface area contributed by atoms with Gasteiger partial charge in [-0.15, -0.1) is 10.2 Å². The van der Waals surface area contributed by atoms with Crippen LogP contribution in [-0.2, 0) is 4.79 Å². The lowest BCUT2D eigenvalue weighted by Gasteiger charge is -2.10. The number of aromatic hydroxyl groups is 1. The van der Waals surface area contributed by atoms with Crippen LogP contribution in [0.15, 0.2) is 58.2 Å². The Kier molecular flexibility index (Phi) is 5.04. The molecule has 25 heavy (non-hydrogen) atoms. The topological polar surface area (TPSA) is 88.2 Å². The summed E-state index contributed by atoms with van der Waals surface area (Å²) in [5.41, 5.74) is 2.32. The van der Waals surface area contributed by atoms with E-state index in [0.717, 1.165) is 23.0 Å². The summed E-state index contributed by atoms with van der Waals surface area (Å²) in [5.74, 6) is 0.121. The number of phenolic OH excluding ortho intramolecular Hbond substituents is 1. The quantitative estimate of drug-likeness (QED) is 0.676. The van der Waals surface area contributed by atoms with Crippen LogP contribution in [0, 0.1) is 6.92 Å². The Balaban J connectivity index is 1.65. The average Bonchev–Trinajstić information content (AvgIpc) is 3.05. The summed E-state index contributed by atoms with van der Waals surface area (Å²) in [4.78, 5) is 12.3. The molecule has 0 aliphatic carbocycles. The summed E-state index contributed by atoms with van der Waals surface area (Å²) >= 11 is 1.16. The van der Waals surface area contributed by atoms with Gasteiger partial charge in [-0.3, -0.25) is 4.79 Å². The van der Waals surface area contributed by atoms with Crippen molar-refractivity contribution in [3.05, 3.63) is 54.1 Å². The first kappa shape index (κ1) is 17.0. The molecule has 0 unspecified atom stereocenters. The number of hydrogen-bond acceptors (Lipinski definition) is 6. The van der Waals surface area contributed by atoms with Crippen LogP contribution in [0.25, 0.3) is 11.5 Å². The second-order valence-corrected chi connectivity index (χ2v) is 6.80. The summed E-state index contributed by atoms with van der Waals surface area (Å²) in [5, 5.41) is 20.4. The van der Waals surface area contributed by atoms with Gasteiger partial charge in [0.1, 0.15) is 5.75 Å². The Hall–Kier alpha value is -2.80. The maximum Gasteiger partial charge on any atom is 0.277 e.